The van der Waals surface area contributed by atoms with Crippen LogP contribution in [0.1, 0.15) is 0 Å². The van der Waals surface area contributed by atoms with Crippen molar-refractivity contribution in [3.8, 4) is 16.9 Å². The lowest BCUT2D eigenvalue weighted by molar-refractivity contribution is 0.412. The third-order valence-electron chi connectivity index (χ3n) is 2.46. The normalized spacial score (nSPS) is 10.3. The molecular weight excluding hydrogens is 237 g/mol. The molecular formula is C13H12FNOS. The van der Waals surface area contributed by atoms with E-state index in [0.717, 1.165) is 5.56 Å². The molecule has 0 N–H and O–H groups in total. The molecule has 2 nitrogen and oxygen atoms in total. The van der Waals surface area contributed by atoms with E-state index in [2.05, 4.69) is 4.98 Å². The molecule has 0 radical (unpaired) electrons. The molecule has 1 aromatic heterocycles. The summed E-state index contributed by atoms with van der Waals surface area (Å²) in [4.78, 5) is 4.51. The summed E-state index contributed by atoms with van der Waals surface area (Å²) in [6.45, 7) is 0. The maximum absolute atomic E-state index is 14.2. The number of aromatic nitrogens is 1. The van der Waals surface area contributed by atoms with E-state index in [1.54, 1.807) is 43.8 Å². The molecule has 0 saturated carbocycles. The van der Waals surface area contributed by atoms with Crippen LogP contribution in [0.3, 0.4) is 0 Å². The number of pyridine rings is 1. The van der Waals surface area contributed by atoms with Gasteiger partial charge in [0, 0.05) is 22.9 Å². The third-order valence-corrected chi connectivity index (χ3v) is 3.20. The molecule has 0 bridgehead atoms. The van der Waals surface area contributed by atoms with Gasteiger partial charge in [0.2, 0.25) is 0 Å². The van der Waals surface area contributed by atoms with E-state index >= 15 is 0 Å². The standard InChI is InChI=1S/C13H12FNOS/c1-16-10-7-11(9-3-5-15-6-4-9)13(14)12(8-10)17-2/h3-8H,1-2H3. The Morgan fingerprint density at radius 1 is 1.24 bits per heavy atom. The van der Waals surface area contributed by atoms with Gasteiger partial charge in [-0.1, -0.05) is 0 Å². The number of benzene rings is 1. The molecule has 0 saturated heterocycles. The fourth-order valence-corrected chi connectivity index (χ4v) is 2.10. The van der Waals surface area contributed by atoms with Crippen molar-refractivity contribution in [3.63, 3.8) is 0 Å². The van der Waals surface area contributed by atoms with Crippen LogP contribution >= 0.6 is 11.8 Å². The summed E-state index contributed by atoms with van der Waals surface area (Å²) >= 11 is 1.36. The van der Waals surface area contributed by atoms with Crippen LogP contribution in [0.5, 0.6) is 5.75 Å². The van der Waals surface area contributed by atoms with Crippen molar-refractivity contribution in [1.82, 2.24) is 4.98 Å². The Kier molecular flexibility index (Phi) is 3.64. The smallest absolute Gasteiger partial charge is 0.144 e. The summed E-state index contributed by atoms with van der Waals surface area (Å²) in [7, 11) is 1.58. The second-order valence-corrected chi connectivity index (χ2v) is 4.28. The molecule has 1 aromatic carbocycles. The average molecular weight is 249 g/mol. The summed E-state index contributed by atoms with van der Waals surface area (Å²) in [6, 6.07) is 6.96. The summed E-state index contributed by atoms with van der Waals surface area (Å²) in [6.07, 6.45) is 5.13. The highest BCUT2D eigenvalue weighted by Gasteiger charge is 2.12. The zero-order valence-electron chi connectivity index (χ0n) is 9.61. The first-order valence-electron chi connectivity index (χ1n) is 5.08. The summed E-state index contributed by atoms with van der Waals surface area (Å²) in [5.74, 6) is 0.437. The molecule has 0 aliphatic heterocycles. The number of thioether (sulfide) groups is 1. The highest BCUT2D eigenvalue weighted by molar-refractivity contribution is 7.98. The van der Waals surface area contributed by atoms with Gasteiger partial charge in [-0.05, 0) is 36.1 Å². The first-order chi connectivity index (χ1) is 8.26. The lowest BCUT2D eigenvalue weighted by Crippen LogP contribution is -1.91. The van der Waals surface area contributed by atoms with Crippen LogP contribution in [0.15, 0.2) is 41.6 Å². The Morgan fingerprint density at radius 2 is 1.94 bits per heavy atom. The van der Waals surface area contributed by atoms with E-state index in [1.165, 1.54) is 11.8 Å². The van der Waals surface area contributed by atoms with Crippen LogP contribution in [-0.4, -0.2) is 18.3 Å². The maximum atomic E-state index is 14.2. The molecule has 0 aliphatic rings. The third kappa shape index (κ3) is 2.42. The number of hydrogen-bond acceptors (Lipinski definition) is 3. The van der Waals surface area contributed by atoms with E-state index in [1.807, 2.05) is 6.26 Å². The molecule has 4 heteroatoms. The quantitative estimate of drug-likeness (QED) is 0.776. The second-order valence-electron chi connectivity index (χ2n) is 3.43. The fourth-order valence-electron chi connectivity index (χ4n) is 1.58. The van der Waals surface area contributed by atoms with E-state index < -0.39 is 0 Å². The molecule has 0 unspecified atom stereocenters. The molecule has 0 atom stereocenters. The van der Waals surface area contributed by atoms with Gasteiger partial charge < -0.3 is 4.74 Å². The summed E-state index contributed by atoms with van der Waals surface area (Å²) in [5.41, 5.74) is 1.34. The van der Waals surface area contributed by atoms with Crippen LogP contribution in [0.4, 0.5) is 4.39 Å². The van der Waals surface area contributed by atoms with Gasteiger partial charge in [-0.15, -0.1) is 11.8 Å². The summed E-state index contributed by atoms with van der Waals surface area (Å²) < 4.78 is 19.4. The predicted molar refractivity (Wildman–Crippen MR) is 68.0 cm³/mol. The van der Waals surface area contributed by atoms with E-state index in [0.29, 0.717) is 16.2 Å². The highest BCUT2D eigenvalue weighted by atomic mass is 32.2. The Morgan fingerprint density at radius 3 is 2.53 bits per heavy atom. The molecule has 88 valence electrons. The van der Waals surface area contributed by atoms with Crippen molar-refractivity contribution >= 4 is 11.8 Å². The highest BCUT2D eigenvalue weighted by Crippen LogP contribution is 2.33. The Balaban J connectivity index is 2.60. The van der Waals surface area contributed by atoms with Crippen molar-refractivity contribution in [3.05, 3.63) is 42.5 Å². The van der Waals surface area contributed by atoms with Crippen LogP contribution < -0.4 is 4.74 Å². The fraction of sp³-hybridized carbons (Fsp3) is 0.154. The Hall–Kier alpha value is -1.55. The number of halogens is 1. The first-order valence-corrected chi connectivity index (χ1v) is 6.30. The molecule has 0 fully saturated rings. The van der Waals surface area contributed by atoms with Gasteiger partial charge in [0.25, 0.3) is 0 Å². The molecule has 2 rings (SSSR count). The van der Waals surface area contributed by atoms with E-state index in [4.69, 9.17) is 4.74 Å². The van der Waals surface area contributed by atoms with Gasteiger partial charge in [-0.2, -0.15) is 0 Å². The predicted octanol–water partition coefficient (Wildman–Crippen LogP) is 3.62. The van der Waals surface area contributed by atoms with E-state index in [-0.39, 0.29) is 5.82 Å². The van der Waals surface area contributed by atoms with E-state index in [9.17, 15) is 4.39 Å². The maximum Gasteiger partial charge on any atom is 0.144 e. The van der Waals surface area contributed by atoms with Crippen molar-refractivity contribution in [2.24, 2.45) is 0 Å². The Bertz CT molecular complexity index is 516. The number of rotatable bonds is 3. The lowest BCUT2D eigenvalue weighted by Gasteiger charge is -2.10. The Labute approximate surface area is 104 Å². The molecule has 0 aliphatic carbocycles. The zero-order valence-corrected chi connectivity index (χ0v) is 10.4. The minimum Gasteiger partial charge on any atom is -0.497 e. The van der Waals surface area contributed by atoms with Crippen LogP contribution in [0.25, 0.3) is 11.1 Å². The van der Waals surface area contributed by atoms with Crippen molar-refractivity contribution in [2.45, 2.75) is 4.90 Å². The molecule has 1 heterocycles. The van der Waals surface area contributed by atoms with Gasteiger partial charge in [0.1, 0.15) is 11.6 Å². The van der Waals surface area contributed by atoms with Gasteiger partial charge in [0.05, 0.1) is 7.11 Å². The van der Waals surface area contributed by atoms with Gasteiger partial charge in [-0.3, -0.25) is 4.98 Å². The molecule has 17 heavy (non-hydrogen) atoms. The van der Waals surface area contributed by atoms with Crippen molar-refractivity contribution in [2.75, 3.05) is 13.4 Å². The molecule has 2 aromatic rings. The SMILES string of the molecule is COc1cc(SC)c(F)c(-c2ccncc2)c1. The van der Waals surface area contributed by atoms with Gasteiger partial charge in [-0.25, -0.2) is 4.39 Å². The number of nitrogens with zero attached hydrogens (tertiary/aromatic N) is 1. The summed E-state index contributed by atoms with van der Waals surface area (Å²) in [5, 5.41) is 0. The second kappa shape index (κ2) is 5.19. The minimum atomic E-state index is -0.218. The monoisotopic (exact) mass is 249 g/mol. The molecule has 0 amide bonds. The van der Waals surface area contributed by atoms with Crippen LogP contribution in [0.2, 0.25) is 0 Å². The van der Waals surface area contributed by atoms with Gasteiger partial charge in [0.15, 0.2) is 0 Å². The topological polar surface area (TPSA) is 22.1 Å². The number of methoxy groups -OCH3 is 1. The van der Waals surface area contributed by atoms with Crippen LogP contribution in [0, 0.1) is 5.82 Å². The number of hydrogen-bond donors (Lipinski definition) is 0. The first kappa shape index (κ1) is 11.9. The zero-order chi connectivity index (χ0) is 12.3. The largest absolute Gasteiger partial charge is 0.497 e. The molecule has 0 spiro atoms. The van der Waals surface area contributed by atoms with Crippen molar-refractivity contribution in [1.29, 1.82) is 0 Å². The number of ether oxygens (including phenoxy) is 1. The average Bonchev–Trinajstić information content (AvgIpc) is 2.40. The minimum absolute atomic E-state index is 0.218. The van der Waals surface area contributed by atoms with Crippen LogP contribution in [-0.2, 0) is 0 Å². The lowest BCUT2D eigenvalue weighted by atomic mass is 10.1. The van der Waals surface area contributed by atoms with Crippen molar-refractivity contribution < 1.29 is 9.13 Å². The van der Waals surface area contributed by atoms with Gasteiger partial charge >= 0.3 is 0 Å².